The average molecular weight is 398 g/mol. The summed E-state index contributed by atoms with van der Waals surface area (Å²) in [6.07, 6.45) is 4.32. The first kappa shape index (κ1) is 19.8. The molecule has 0 radical (unpaired) electrons. The van der Waals surface area contributed by atoms with E-state index in [1.807, 2.05) is 36.4 Å². The van der Waals surface area contributed by atoms with E-state index in [0.717, 1.165) is 10.9 Å². The van der Waals surface area contributed by atoms with Crippen molar-refractivity contribution in [1.29, 1.82) is 0 Å². The number of nitrogens with two attached hydrogens (primary N) is 2. The minimum Gasteiger partial charge on any atom is -0.370 e. The van der Waals surface area contributed by atoms with Gasteiger partial charge in [0.2, 0.25) is 10.0 Å². The lowest BCUT2D eigenvalue weighted by molar-refractivity contribution is 0.563. The Morgan fingerprint density at radius 1 is 1.07 bits per heavy atom. The van der Waals surface area contributed by atoms with E-state index in [1.54, 1.807) is 30.6 Å². The smallest absolute Gasteiger partial charge is 0.241 e. The number of benzene rings is 2. The first-order chi connectivity index (χ1) is 13.5. The van der Waals surface area contributed by atoms with Gasteiger partial charge in [0.1, 0.15) is 0 Å². The lowest BCUT2D eigenvalue weighted by Crippen LogP contribution is -2.30. The maximum Gasteiger partial charge on any atom is 0.241 e. The van der Waals surface area contributed by atoms with Gasteiger partial charge in [-0.05, 0) is 30.5 Å². The van der Waals surface area contributed by atoms with Gasteiger partial charge in [-0.25, -0.2) is 18.1 Å². The van der Waals surface area contributed by atoms with Crippen LogP contribution in [0.15, 0.2) is 76.9 Å². The first-order valence-corrected chi connectivity index (χ1v) is 10.4. The molecule has 0 bridgehead atoms. The van der Waals surface area contributed by atoms with Crippen molar-refractivity contribution in [2.75, 3.05) is 6.54 Å². The number of sulfonamides is 1. The number of rotatable bonds is 8. The van der Waals surface area contributed by atoms with Crippen molar-refractivity contribution >= 4 is 26.8 Å². The molecule has 0 saturated heterocycles. The molecule has 3 rings (SSSR count). The standard InChI is InChI=1S/C20H23N5O2S/c21-20(22)25-17(13-15-5-2-1-3-6-15)9-12-24-28(26,27)19-8-4-7-16-14-23-11-10-18(16)19/h1-8,10-11,14,17,24H,9,12-13H2,(H4,21,22,25). The van der Waals surface area contributed by atoms with Gasteiger partial charge < -0.3 is 11.5 Å². The molecule has 2 aromatic carbocycles. The lowest BCUT2D eigenvalue weighted by Gasteiger charge is -2.14. The maximum absolute atomic E-state index is 12.8. The number of hydrogen-bond acceptors (Lipinski definition) is 4. The fourth-order valence-corrected chi connectivity index (χ4v) is 4.35. The van der Waals surface area contributed by atoms with Gasteiger partial charge in [-0.15, -0.1) is 0 Å². The van der Waals surface area contributed by atoms with E-state index in [0.29, 0.717) is 18.2 Å². The summed E-state index contributed by atoms with van der Waals surface area (Å²) in [5, 5.41) is 1.41. The van der Waals surface area contributed by atoms with Crippen LogP contribution in [-0.4, -0.2) is 31.9 Å². The van der Waals surface area contributed by atoms with Crippen molar-refractivity contribution in [3.63, 3.8) is 0 Å². The molecule has 1 atom stereocenters. The van der Waals surface area contributed by atoms with Gasteiger partial charge in [0.25, 0.3) is 0 Å². The zero-order chi connectivity index (χ0) is 20.0. The first-order valence-electron chi connectivity index (χ1n) is 8.91. The van der Waals surface area contributed by atoms with Gasteiger partial charge >= 0.3 is 0 Å². The normalized spacial score (nSPS) is 12.6. The van der Waals surface area contributed by atoms with E-state index in [4.69, 9.17) is 11.5 Å². The number of nitrogens with one attached hydrogen (secondary N) is 1. The molecule has 0 aliphatic heterocycles. The third-order valence-electron chi connectivity index (χ3n) is 4.35. The molecule has 0 fully saturated rings. The predicted octanol–water partition coefficient (Wildman–Crippen LogP) is 1.79. The minimum atomic E-state index is -3.67. The Balaban J connectivity index is 1.71. The number of guanidine groups is 1. The van der Waals surface area contributed by atoms with Gasteiger partial charge in [0.05, 0.1) is 10.9 Å². The molecule has 3 aromatic rings. The zero-order valence-corrected chi connectivity index (χ0v) is 16.1. The lowest BCUT2D eigenvalue weighted by atomic mass is 10.0. The molecular weight excluding hydrogens is 374 g/mol. The molecule has 1 heterocycles. The molecule has 0 aliphatic rings. The monoisotopic (exact) mass is 397 g/mol. The van der Waals surface area contributed by atoms with Crippen LogP contribution in [0.3, 0.4) is 0 Å². The molecule has 28 heavy (non-hydrogen) atoms. The highest BCUT2D eigenvalue weighted by molar-refractivity contribution is 7.89. The molecule has 5 N–H and O–H groups in total. The molecule has 1 aromatic heterocycles. The van der Waals surface area contributed by atoms with Crippen molar-refractivity contribution in [1.82, 2.24) is 9.71 Å². The van der Waals surface area contributed by atoms with Crippen molar-refractivity contribution in [2.45, 2.75) is 23.8 Å². The van der Waals surface area contributed by atoms with E-state index < -0.39 is 10.0 Å². The van der Waals surface area contributed by atoms with E-state index >= 15 is 0 Å². The van der Waals surface area contributed by atoms with Crippen molar-refractivity contribution in [3.05, 3.63) is 72.6 Å². The molecule has 0 amide bonds. The van der Waals surface area contributed by atoms with Crippen LogP contribution in [0.4, 0.5) is 0 Å². The number of pyridine rings is 1. The van der Waals surface area contributed by atoms with Gasteiger partial charge in [0, 0.05) is 29.7 Å². The average Bonchev–Trinajstić information content (AvgIpc) is 2.67. The molecular formula is C20H23N5O2S. The number of hydrogen-bond donors (Lipinski definition) is 3. The van der Waals surface area contributed by atoms with Crippen LogP contribution < -0.4 is 16.2 Å². The Morgan fingerprint density at radius 3 is 2.61 bits per heavy atom. The molecule has 7 nitrogen and oxygen atoms in total. The highest BCUT2D eigenvalue weighted by Crippen LogP contribution is 2.21. The summed E-state index contributed by atoms with van der Waals surface area (Å²) in [6, 6.07) is 16.4. The van der Waals surface area contributed by atoms with E-state index in [1.165, 1.54) is 0 Å². The topological polar surface area (TPSA) is 123 Å². The zero-order valence-electron chi connectivity index (χ0n) is 15.3. The summed E-state index contributed by atoms with van der Waals surface area (Å²) >= 11 is 0. The summed E-state index contributed by atoms with van der Waals surface area (Å²) in [4.78, 5) is 8.51. The number of aromatic nitrogens is 1. The molecule has 1 unspecified atom stereocenters. The summed E-state index contributed by atoms with van der Waals surface area (Å²) in [6.45, 7) is 0.220. The Hall–Kier alpha value is -2.97. The Kier molecular flexibility index (Phi) is 6.23. The summed E-state index contributed by atoms with van der Waals surface area (Å²) in [5.74, 6) is -0.00894. The predicted molar refractivity (Wildman–Crippen MR) is 111 cm³/mol. The number of aliphatic imine (C=N–C) groups is 1. The van der Waals surface area contributed by atoms with Crippen LogP contribution >= 0.6 is 0 Å². The second-order valence-corrected chi connectivity index (χ2v) is 8.17. The van der Waals surface area contributed by atoms with Crippen LogP contribution in [0, 0.1) is 0 Å². The number of fused-ring (bicyclic) bond motifs is 1. The van der Waals surface area contributed by atoms with Crippen molar-refractivity contribution in [3.8, 4) is 0 Å². The van der Waals surface area contributed by atoms with E-state index in [-0.39, 0.29) is 23.4 Å². The fourth-order valence-electron chi connectivity index (χ4n) is 3.07. The van der Waals surface area contributed by atoms with Crippen LogP contribution in [0.1, 0.15) is 12.0 Å². The largest absolute Gasteiger partial charge is 0.370 e. The van der Waals surface area contributed by atoms with Gasteiger partial charge in [-0.3, -0.25) is 4.98 Å². The summed E-state index contributed by atoms with van der Waals surface area (Å²) in [7, 11) is -3.67. The Labute approximate surface area is 164 Å². The van der Waals surface area contributed by atoms with Gasteiger partial charge in [-0.1, -0.05) is 42.5 Å². The Morgan fingerprint density at radius 2 is 1.86 bits per heavy atom. The molecule has 0 spiro atoms. The third-order valence-corrected chi connectivity index (χ3v) is 5.86. The molecule has 0 aliphatic carbocycles. The second kappa shape index (κ2) is 8.81. The van der Waals surface area contributed by atoms with Gasteiger partial charge in [-0.2, -0.15) is 0 Å². The summed E-state index contributed by atoms with van der Waals surface area (Å²) in [5.41, 5.74) is 12.2. The number of nitrogens with zero attached hydrogens (tertiary/aromatic N) is 2. The van der Waals surface area contributed by atoms with E-state index in [9.17, 15) is 8.42 Å². The highest BCUT2D eigenvalue weighted by Gasteiger charge is 2.18. The van der Waals surface area contributed by atoms with Crippen LogP contribution in [0.5, 0.6) is 0 Å². The van der Waals surface area contributed by atoms with Crippen LogP contribution in [-0.2, 0) is 16.4 Å². The van der Waals surface area contributed by atoms with Gasteiger partial charge in [0.15, 0.2) is 5.96 Å². The summed E-state index contributed by atoms with van der Waals surface area (Å²) < 4.78 is 28.2. The van der Waals surface area contributed by atoms with Crippen LogP contribution in [0.25, 0.3) is 10.8 Å². The maximum atomic E-state index is 12.8. The third kappa shape index (κ3) is 5.05. The molecule has 8 heteroatoms. The van der Waals surface area contributed by atoms with E-state index in [2.05, 4.69) is 14.7 Å². The fraction of sp³-hybridized carbons (Fsp3) is 0.200. The molecule has 146 valence electrons. The van der Waals surface area contributed by atoms with Crippen molar-refractivity contribution < 1.29 is 8.42 Å². The minimum absolute atomic E-state index is 0.00894. The second-order valence-electron chi connectivity index (χ2n) is 6.44. The molecule has 0 saturated carbocycles. The van der Waals surface area contributed by atoms with Crippen molar-refractivity contribution in [2.24, 2.45) is 16.5 Å². The van der Waals surface area contributed by atoms with Crippen LogP contribution in [0.2, 0.25) is 0 Å². The highest BCUT2D eigenvalue weighted by atomic mass is 32.2. The quantitative estimate of drug-likeness (QED) is 0.395. The Bertz CT molecular complexity index is 1060. The SMILES string of the molecule is NC(N)=NC(CCNS(=O)(=O)c1cccc2cnccc12)Cc1ccccc1.